The smallest absolute Gasteiger partial charge is 0.271 e. The van der Waals surface area contributed by atoms with Crippen molar-refractivity contribution < 1.29 is 22.7 Å². The maximum Gasteiger partial charge on any atom is 0.271 e. The molecule has 0 aliphatic rings. The van der Waals surface area contributed by atoms with E-state index in [0.717, 1.165) is 11.3 Å². The van der Waals surface area contributed by atoms with Crippen LogP contribution in [0.1, 0.15) is 9.67 Å². The Balaban J connectivity index is 2.34. The van der Waals surface area contributed by atoms with Crippen molar-refractivity contribution in [2.24, 2.45) is 0 Å². The minimum Gasteiger partial charge on any atom is -0.497 e. The highest BCUT2D eigenvalue weighted by Gasteiger charge is 2.21. The number of nitrogens with one attached hydrogen (secondary N) is 1. The van der Waals surface area contributed by atoms with Crippen LogP contribution in [0.4, 0.5) is 5.69 Å². The van der Waals surface area contributed by atoms with E-state index in [9.17, 15) is 13.2 Å². The van der Waals surface area contributed by atoms with Crippen molar-refractivity contribution in [2.45, 2.75) is 4.21 Å². The van der Waals surface area contributed by atoms with Crippen LogP contribution in [0.3, 0.4) is 0 Å². The molecule has 0 spiro atoms. The fraction of sp³-hybridized carbons (Fsp3) is 0.267. The van der Waals surface area contributed by atoms with Crippen molar-refractivity contribution in [2.75, 3.05) is 33.0 Å². The summed E-state index contributed by atoms with van der Waals surface area (Å²) in [5.74, 6) is 0.601. The second kappa shape index (κ2) is 7.10. The third-order valence-corrected chi connectivity index (χ3v) is 6.04. The maximum absolute atomic E-state index is 12.6. The van der Waals surface area contributed by atoms with Gasteiger partial charge in [0.1, 0.15) is 15.7 Å². The van der Waals surface area contributed by atoms with Crippen LogP contribution < -0.4 is 14.2 Å². The summed E-state index contributed by atoms with van der Waals surface area (Å²) >= 11 is 0.905. The molecule has 1 amide bonds. The lowest BCUT2D eigenvalue weighted by Gasteiger charge is -2.12. The first kappa shape index (κ1) is 18.1. The van der Waals surface area contributed by atoms with Crippen LogP contribution in [0.5, 0.6) is 11.5 Å². The molecule has 9 heteroatoms. The van der Waals surface area contributed by atoms with Gasteiger partial charge < -0.3 is 14.4 Å². The van der Waals surface area contributed by atoms with E-state index in [1.807, 2.05) is 0 Å². The summed E-state index contributed by atoms with van der Waals surface area (Å²) in [5.41, 5.74) is 0.255. The first-order valence-electron chi connectivity index (χ1n) is 6.85. The lowest BCUT2D eigenvalue weighted by Crippen LogP contribution is -2.20. The predicted octanol–water partition coefficient (Wildman–Crippen LogP) is 2.27. The summed E-state index contributed by atoms with van der Waals surface area (Å²) in [4.78, 5) is 13.6. The Kier molecular flexibility index (Phi) is 5.35. The molecule has 1 N–H and O–H groups in total. The molecule has 24 heavy (non-hydrogen) atoms. The van der Waals surface area contributed by atoms with Crippen LogP contribution in [0.2, 0.25) is 0 Å². The van der Waals surface area contributed by atoms with Gasteiger partial charge in [-0.25, -0.2) is 8.42 Å². The Morgan fingerprint density at radius 2 is 1.83 bits per heavy atom. The molecule has 2 aromatic rings. The molecular formula is C15H18N2O5S2. The van der Waals surface area contributed by atoms with Gasteiger partial charge in [0.15, 0.2) is 0 Å². The van der Waals surface area contributed by atoms with Gasteiger partial charge in [-0.3, -0.25) is 9.52 Å². The van der Waals surface area contributed by atoms with E-state index >= 15 is 0 Å². The third kappa shape index (κ3) is 3.80. The Hall–Kier alpha value is -2.26. The van der Waals surface area contributed by atoms with Gasteiger partial charge in [0.05, 0.1) is 24.8 Å². The van der Waals surface area contributed by atoms with Crippen molar-refractivity contribution >= 4 is 33.0 Å². The summed E-state index contributed by atoms with van der Waals surface area (Å²) in [6.45, 7) is 0. The summed E-state index contributed by atoms with van der Waals surface area (Å²) in [6.07, 6.45) is 0. The molecule has 1 heterocycles. The predicted molar refractivity (Wildman–Crippen MR) is 92.7 cm³/mol. The number of ether oxygens (including phenoxy) is 2. The van der Waals surface area contributed by atoms with E-state index in [1.54, 1.807) is 26.2 Å². The van der Waals surface area contributed by atoms with Crippen molar-refractivity contribution in [3.05, 3.63) is 35.2 Å². The summed E-state index contributed by atoms with van der Waals surface area (Å²) < 4.78 is 37.9. The van der Waals surface area contributed by atoms with Gasteiger partial charge in [0.25, 0.3) is 15.9 Å². The number of amides is 1. The molecule has 0 atom stereocenters. The lowest BCUT2D eigenvalue weighted by atomic mass is 10.3. The van der Waals surface area contributed by atoms with Crippen LogP contribution in [-0.4, -0.2) is 47.5 Å². The number of hydrogen-bond acceptors (Lipinski definition) is 6. The van der Waals surface area contributed by atoms with Crippen molar-refractivity contribution in [1.29, 1.82) is 0 Å². The number of methoxy groups -OCH3 is 2. The van der Waals surface area contributed by atoms with Crippen LogP contribution >= 0.6 is 11.3 Å². The first-order valence-corrected chi connectivity index (χ1v) is 9.15. The first-order chi connectivity index (χ1) is 11.3. The number of carbonyl (C=O) groups excluding carboxylic acids is 1. The second-order valence-corrected chi connectivity index (χ2v) is 7.98. The Labute approximate surface area is 144 Å². The van der Waals surface area contributed by atoms with Crippen molar-refractivity contribution in [3.8, 4) is 11.5 Å². The summed E-state index contributed by atoms with van der Waals surface area (Å²) in [6, 6.07) is 7.68. The Morgan fingerprint density at radius 1 is 1.12 bits per heavy atom. The lowest BCUT2D eigenvalue weighted by molar-refractivity contribution is 0.0832. The molecule has 2 rings (SSSR count). The number of rotatable bonds is 6. The molecule has 0 saturated heterocycles. The highest BCUT2D eigenvalue weighted by atomic mass is 32.2. The number of thiophene rings is 1. The summed E-state index contributed by atoms with van der Waals surface area (Å²) in [5, 5.41) is 0. The van der Waals surface area contributed by atoms with Gasteiger partial charge >= 0.3 is 0 Å². The van der Waals surface area contributed by atoms with Gasteiger partial charge in [0.2, 0.25) is 0 Å². The molecule has 0 saturated carbocycles. The highest BCUT2D eigenvalue weighted by Crippen LogP contribution is 2.32. The van der Waals surface area contributed by atoms with Crippen molar-refractivity contribution in [3.63, 3.8) is 0 Å². The normalized spacial score (nSPS) is 11.0. The molecular weight excluding hydrogens is 352 g/mol. The zero-order valence-corrected chi connectivity index (χ0v) is 15.3. The molecule has 0 aliphatic carbocycles. The monoisotopic (exact) mass is 370 g/mol. The number of sulfonamides is 1. The standard InChI is InChI=1S/C15H18N2O5S2/c1-17(2)15(18)13-7-8-14(23-13)24(19,20)16-11-9-10(21-3)5-6-12(11)22-4/h5-9,16H,1-4H3. The van der Waals surface area contributed by atoms with Gasteiger partial charge in [-0.15, -0.1) is 11.3 Å². The van der Waals surface area contributed by atoms with Gasteiger partial charge in [0, 0.05) is 20.2 Å². The molecule has 0 bridgehead atoms. The van der Waals surface area contributed by atoms with E-state index < -0.39 is 10.0 Å². The molecule has 0 unspecified atom stereocenters. The largest absolute Gasteiger partial charge is 0.497 e. The zero-order chi connectivity index (χ0) is 17.9. The molecule has 7 nitrogen and oxygen atoms in total. The molecule has 0 aliphatic heterocycles. The van der Waals surface area contributed by atoms with Crippen LogP contribution in [0, 0.1) is 0 Å². The number of anilines is 1. The average Bonchev–Trinajstić information content (AvgIpc) is 3.04. The van der Waals surface area contributed by atoms with Crippen LogP contribution in [0.15, 0.2) is 34.5 Å². The van der Waals surface area contributed by atoms with E-state index in [0.29, 0.717) is 16.4 Å². The molecule has 130 valence electrons. The minimum absolute atomic E-state index is 0.0394. The minimum atomic E-state index is -3.85. The Bertz CT molecular complexity index is 843. The Morgan fingerprint density at radius 3 is 2.42 bits per heavy atom. The van der Waals surface area contributed by atoms with E-state index in [2.05, 4.69) is 4.72 Å². The van der Waals surface area contributed by atoms with E-state index in [1.165, 1.54) is 37.3 Å². The number of carbonyl (C=O) groups is 1. The number of nitrogens with zero attached hydrogens (tertiary/aromatic N) is 1. The van der Waals surface area contributed by atoms with Gasteiger partial charge in [-0.2, -0.15) is 0 Å². The quantitative estimate of drug-likeness (QED) is 0.843. The summed E-state index contributed by atoms with van der Waals surface area (Å²) in [7, 11) is 2.29. The van der Waals surface area contributed by atoms with Gasteiger partial charge in [-0.1, -0.05) is 0 Å². The van der Waals surface area contributed by atoms with Crippen LogP contribution in [0.25, 0.3) is 0 Å². The van der Waals surface area contributed by atoms with Crippen LogP contribution in [-0.2, 0) is 10.0 Å². The SMILES string of the molecule is COc1ccc(OC)c(NS(=O)(=O)c2ccc(C(=O)N(C)C)s2)c1. The highest BCUT2D eigenvalue weighted by molar-refractivity contribution is 7.94. The maximum atomic E-state index is 12.6. The zero-order valence-electron chi connectivity index (χ0n) is 13.7. The topological polar surface area (TPSA) is 84.9 Å². The molecule has 0 radical (unpaired) electrons. The second-order valence-electron chi connectivity index (χ2n) is 4.99. The molecule has 0 fully saturated rings. The van der Waals surface area contributed by atoms with Gasteiger partial charge in [-0.05, 0) is 24.3 Å². The molecule has 1 aromatic carbocycles. The van der Waals surface area contributed by atoms with E-state index in [4.69, 9.17) is 9.47 Å². The fourth-order valence-electron chi connectivity index (χ4n) is 1.89. The molecule has 1 aromatic heterocycles. The third-order valence-electron chi connectivity index (χ3n) is 3.11. The van der Waals surface area contributed by atoms with Crippen molar-refractivity contribution in [1.82, 2.24) is 4.90 Å². The fourth-order valence-corrected chi connectivity index (χ4v) is 4.28. The van der Waals surface area contributed by atoms with E-state index in [-0.39, 0.29) is 15.8 Å². The number of benzene rings is 1. The number of hydrogen-bond donors (Lipinski definition) is 1. The average molecular weight is 370 g/mol.